The molecule has 0 spiro atoms. The van der Waals surface area contributed by atoms with Gasteiger partial charge in [0.1, 0.15) is 5.52 Å². The van der Waals surface area contributed by atoms with Crippen molar-refractivity contribution in [3.8, 4) is 11.1 Å². The van der Waals surface area contributed by atoms with Gasteiger partial charge in [0.2, 0.25) is 5.91 Å². The second-order valence-electron chi connectivity index (χ2n) is 13.0. The van der Waals surface area contributed by atoms with E-state index >= 15 is 0 Å². The van der Waals surface area contributed by atoms with E-state index in [1.807, 2.05) is 24.3 Å². The molecule has 0 N–H and O–H groups in total. The van der Waals surface area contributed by atoms with E-state index in [1.165, 1.54) is 85.5 Å². The first-order valence-electron chi connectivity index (χ1n) is 17.9. The molecule has 0 atom stereocenters. The molecule has 1 aromatic heterocycles. The van der Waals surface area contributed by atoms with Crippen molar-refractivity contribution in [1.29, 1.82) is 0 Å². The molecule has 0 radical (unpaired) electrons. The SMILES string of the molecule is CCCCCCCCCCCCCCCC(=O)n1c(=O)oc2c(N3CCN(Cc4cccc(-c5ccccc5)c4)CC3)cccc21. The lowest BCUT2D eigenvalue weighted by atomic mass is 10.0. The fraction of sp³-hybridized carbons (Fsp3) is 0.500. The smallest absolute Gasteiger partial charge is 0.405 e. The third-order valence-electron chi connectivity index (χ3n) is 9.48. The maximum atomic E-state index is 13.1. The summed E-state index contributed by atoms with van der Waals surface area (Å²) in [4.78, 5) is 30.8. The van der Waals surface area contributed by atoms with Gasteiger partial charge >= 0.3 is 5.76 Å². The highest BCUT2D eigenvalue weighted by Crippen LogP contribution is 2.28. The quantitative estimate of drug-likeness (QED) is 0.103. The van der Waals surface area contributed by atoms with Crippen molar-refractivity contribution in [2.45, 2.75) is 103 Å². The summed E-state index contributed by atoms with van der Waals surface area (Å²) < 4.78 is 6.99. The Morgan fingerprint density at radius 2 is 1.28 bits per heavy atom. The number of para-hydroxylation sites is 1. The van der Waals surface area contributed by atoms with Gasteiger partial charge in [-0.05, 0) is 41.3 Å². The lowest BCUT2D eigenvalue weighted by Crippen LogP contribution is -2.46. The standard InChI is InChI=1S/C40H53N3O3/c1-2-3-4-5-6-7-8-9-10-11-12-13-17-26-38(44)43-37-25-19-24-36(39(37)46-40(43)45)42-29-27-41(28-30-42)32-33-20-18-23-35(31-33)34-21-15-14-16-22-34/h14-16,18-25,31H,2-13,17,26-30,32H2,1H3. The molecule has 1 fully saturated rings. The van der Waals surface area contributed by atoms with Gasteiger partial charge in [-0.1, -0.05) is 139 Å². The van der Waals surface area contributed by atoms with Crippen molar-refractivity contribution >= 4 is 22.7 Å². The highest BCUT2D eigenvalue weighted by atomic mass is 16.4. The highest BCUT2D eigenvalue weighted by Gasteiger charge is 2.23. The van der Waals surface area contributed by atoms with Gasteiger partial charge in [-0.15, -0.1) is 0 Å². The van der Waals surface area contributed by atoms with E-state index in [2.05, 4.69) is 65.3 Å². The number of piperazine rings is 1. The number of fused-ring (bicyclic) bond motifs is 1. The fourth-order valence-electron chi connectivity index (χ4n) is 6.80. The monoisotopic (exact) mass is 623 g/mol. The summed E-state index contributed by atoms with van der Waals surface area (Å²) in [6, 6.07) is 25.1. The first kappa shape index (κ1) is 33.7. The topological polar surface area (TPSA) is 58.7 Å². The average molecular weight is 624 g/mol. The Hall–Kier alpha value is -3.64. The summed E-state index contributed by atoms with van der Waals surface area (Å²) in [6.45, 7) is 6.66. The molecule has 6 nitrogen and oxygen atoms in total. The number of carbonyl (C=O) groups excluding carboxylic acids is 1. The number of unbranched alkanes of at least 4 members (excludes halogenated alkanes) is 12. The van der Waals surface area contributed by atoms with Crippen LogP contribution < -0.4 is 10.7 Å². The van der Waals surface area contributed by atoms with Crippen molar-refractivity contribution in [2.75, 3.05) is 31.1 Å². The van der Waals surface area contributed by atoms with Crippen molar-refractivity contribution < 1.29 is 9.21 Å². The third kappa shape index (κ3) is 9.45. The molecular weight excluding hydrogens is 570 g/mol. The van der Waals surface area contributed by atoms with Gasteiger partial charge in [-0.25, -0.2) is 9.36 Å². The summed E-state index contributed by atoms with van der Waals surface area (Å²) in [6.07, 6.45) is 16.8. The Kier molecular flexibility index (Phi) is 13.1. The third-order valence-corrected chi connectivity index (χ3v) is 9.48. The van der Waals surface area contributed by atoms with E-state index in [0.29, 0.717) is 17.5 Å². The predicted octanol–water partition coefficient (Wildman–Crippen LogP) is 9.71. The van der Waals surface area contributed by atoms with Crippen LogP contribution in [0.2, 0.25) is 0 Å². The van der Waals surface area contributed by atoms with Crippen molar-refractivity contribution in [1.82, 2.24) is 9.47 Å². The molecule has 1 aliphatic rings. The molecule has 0 aliphatic carbocycles. The minimum atomic E-state index is -0.570. The highest BCUT2D eigenvalue weighted by molar-refractivity contribution is 5.94. The lowest BCUT2D eigenvalue weighted by molar-refractivity contribution is 0.0895. The largest absolute Gasteiger partial charge is 0.426 e. The van der Waals surface area contributed by atoms with E-state index < -0.39 is 5.76 Å². The Morgan fingerprint density at radius 3 is 1.96 bits per heavy atom. The molecule has 246 valence electrons. The number of aromatic nitrogens is 1. The summed E-state index contributed by atoms with van der Waals surface area (Å²) in [5.74, 6) is -0.731. The van der Waals surface area contributed by atoms with Crippen LogP contribution in [0.15, 0.2) is 82.0 Å². The molecule has 1 saturated heterocycles. The molecule has 46 heavy (non-hydrogen) atoms. The summed E-state index contributed by atoms with van der Waals surface area (Å²) in [5, 5.41) is 0. The Balaban J connectivity index is 1.06. The molecule has 0 unspecified atom stereocenters. The molecule has 2 heterocycles. The van der Waals surface area contributed by atoms with E-state index in [0.717, 1.165) is 57.7 Å². The van der Waals surface area contributed by atoms with Crippen LogP contribution in [-0.2, 0) is 6.54 Å². The summed E-state index contributed by atoms with van der Waals surface area (Å²) >= 11 is 0. The van der Waals surface area contributed by atoms with Gasteiger partial charge < -0.3 is 9.32 Å². The normalized spacial score (nSPS) is 13.9. The molecule has 0 saturated carbocycles. The van der Waals surface area contributed by atoms with Crippen molar-refractivity contribution in [3.63, 3.8) is 0 Å². The number of carbonyl (C=O) groups is 1. The maximum absolute atomic E-state index is 13.1. The number of oxazole rings is 1. The van der Waals surface area contributed by atoms with Gasteiger partial charge in [0.15, 0.2) is 5.58 Å². The lowest BCUT2D eigenvalue weighted by Gasteiger charge is -2.36. The zero-order valence-corrected chi connectivity index (χ0v) is 27.9. The molecule has 0 bridgehead atoms. The molecular formula is C40H53N3O3. The van der Waals surface area contributed by atoms with Crippen LogP contribution in [0.1, 0.15) is 107 Å². The van der Waals surface area contributed by atoms with E-state index in [-0.39, 0.29) is 5.91 Å². The predicted molar refractivity (Wildman–Crippen MR) is 191 cm³/mol. The van der Waals surface area contributed by atoms with E-state index in [1.54, 1.807) is 0 Å². The van der Waals surface area contributed by atoms with Crippen LogP contribution in [0.3, 0.4) is 0 Å². The van der Waals surface area contributed by atoms with Gasteiger partial charge in [0.25, 0.3) is 0 Å². The minimum absolute atomic E-state index is 0.161. The van der Waals surface area contributed by atoms with Crippen LogP contribution in [0.5, 0.6) is 0 Å². The Labute approximate surface area is 275 Å². The van der Waals surface area contributed by atoms with Crippen LogP contribution in [0, 0.1) is 0 Å². The molecule has 5 rings (SSSR count). The van der Waals surface area contributed by atoms with Gasteiger partial charge in [-0.2, -0.15) is 0 Å². The van der Waals surface area contributed by atoms with Gasteiger partial charge in [0.05, 0.1) is 5.69 Å². The first-order valence-corrected chi connectivity index (χ1v) is 17.9. The van der Waals surface area contributed by atoms with Gasteiger partial charge in [-0.3, -0.25) is 9.69 Å². The zero-order chi connectivity index (χ0) is 32.0. The fourth-order valence-corrected chi connectivity index (χ4v) is 6.80. The first-order chi connectivity index (χ1) is 22.6. The van der Waals surface area contributed by atoms with E-state index in [9.17, 15) is 9.59 Å². The molecule has 0 amide bonds. The Bertz CT molecular complexity index is 1550. The number of hydrogen-bond donors (Lipinski definition) is 0. The molecule has 1 aliphatic heterocycles. The van der Waals surface area contributed by atoms with Crippen molar-refractivity contribution in [2.24, 2.45) is 0 Å². The molecule has 3 aromatic carbocycles. The number of benzene rings is 3. The zero-order valence-electron chi connectivity index (χ0n) is 27.9. The van der Waals surface area contributed by atoms with Crippen LogP contribution in [-0.4, -0.2) is 41.6 Å². The second kappa shape index (κ2) is 17.9. The van der Waals surface area contributed by atoms with Crippen LogP contribution in [0.4, 0.5) is 5.69 Å². The summed E-state index contributed by atoms with van der Waals surface area (Å²) in [5.41, 5.74) is 5.79. The second-order valence-corrected chi connectivity index (χ2v) is 13.0. The molecule has 4 aromatic rings. The van der Waals surface area contributed by atoms with Crippen LogP contribution >= 0.6 is 0 Å². The Morgan fingerprint density at radius 1 is 0.674 bits per heavy atom. The number of hydrogen-bond acceptors (Lipinski definition) is 5. The number of nitrogens with zero attached hydrogens (tertiary/aromatic N) is 3. The van der Waals surface area contributed by atoms with Crippen molar-refractivity contribution in [3.05, 3.63) is 88.9 Å². The molecule has 6 heteroatoms. The number of rotatable bonds is 18. The minimum Gasteiger partial charge on any atom is -0.405 e. The van der Waals surface area contributed by atoms with Crippen LogP contribution in [0.25, 0.3) is 22.2 Å². The maximum Gasteiger partial charge on any atom is 0.426 e. The number of anilines is 1. The average Bonchev–Trinajstić information content (AvgIpc) is 3.43. The van der Waals surface area contributed by atoms with Gasteiger partial charge in [0, 0.05) is 39.1 Å². The van der Waals surface area contributed by atoms with E-state index in [4.69, 9.17) is 4.42 Å². The summed E-state index contributed by atoms with van der Waals surface area (Å²) in [7, 11) is 0.